The van der Waals surface area contributed by atoms with Gasteiger partial charge in [0.05, 0.1) is 5.69 Å². The Balaban J connectivity index is 2.03. The van der Waals surface area contributed by atoms with Crippen molar-refractivity contribution in [2.45, 2.75) is 52.4 Å². The molecule has 2 aromatic heterocycles. The van der Waals surface area contributed by atoms with Gasteiger partial charge < -0.3 is 5.73 Å². The van der Waals surface area contributed by atoms with Crippen LogP contribution < -0.4 is 5.73 Å². The van der Waals surface area contributed by atoms with E-state index in [1.54, 1.807) is 0 Å². The number of aromatic nitrogens is 2. The van der Waals surface area contributed by atoms with Crippen LogP contribution in [0.15, 0.2) is 18.3 Å². The lowest BCUT2D eigenvalue weighted by atomic mass is 10.1. The Morgan fingerprint density at radius 1 is 1.17 bits per heavy atom. The molecular formula is C15H23N3. The zero-order valence-corrected chi connectivity index (χ0v) is 11.4. The molecule has 2 rings (SSSR count). The third-order valence-corrected chi connectivity index (χ3v) is 3.40. The topological polar surface area (TPSA) is 43.3 Å². The number of imidazole rings is 1. The van der Waals surface area contributed by atoms with Crippen LogP contribution >= 0.6 is 0 Å². The molecule has 0 saturated heterocycles. The Morgan fingerprint density at radius 2 is 1.94 bits per heavy atom. The summed E-state index contributed by atoms with van der Waals surface area (Å²) >= 11 is 0. The van der Waals surface area contributed by atoms with E-state index >= 15 is 0 Å². The monoisotopic (exact) mass is 245 g/mol. The minimum absolute atomic E-state index is 0.809. The number of nitrogens with two attached hydrogens (primary N) is 1. The zero-order chi connectivity index (χ0) is 13.0. The fraction of sp³-hybridized carbons (Fsp3) is 0.533. The first kappa shape index (κ1) is 12.9. The molecule has 3 heteroatoms. The van der Waals surface area contributed by atoms with Gasteiger partial charge >= 0.3 is 0 Å². The summed E-state index contributed by atoms with van der Waals surface area (Å²) in [6, 6.07) is 4.11. The van der Waals surface area contributed by atoms with Crippen LogP contribution in [-0.2, 0) is 6.42 Å². The summed E-state index contributed by atoms with van der Waals surface area (Å²) in [5, 5.41) is 0. The van der Waals surface area contributed by atoms with E-state index in [-0.39, 0.29) is 0 Å². The molecule has 3 nitrogen and oxygen atoms in total. The van der Waals surface area contributed by atoms with Crippen molar-refractivity contribution in [1.29, 1.82) is 0 Å². The number of hydrogen-bond acceptors (Lipinski definition) is 2. The Kier molecular flexibility index (Phi) is 4.24. The lowest BCUT2D eigenvalue weighted by molar-refractivity contribution is 0.629. The summed E-state index contributed by atoms with van der Waals surface area (Å²) in [6.07, 6.45) is 9.46. The van der Waals surface area contributed by atoms with Gasteiger partial charge in [0, 0.05) is 6.20 Å². The van der Waals surface area contributed by atoms with Crippen LogP contribution in [0.1, 0.15) is 50.3 Å². The molecule has 0 aromatic carbocycles. The number of unbranched alkanes of at least 4 members (excludes halogenated alkanes) is 4. The van der Waals surface area contributed by atoms with Crippen molar-refractivity contribution in [3.05, 3.63) is 29.6 Å². The van der Waals surface area contributed by atoms with Gasteiger partial charge in [0.15, 0.2) is 0 Å². The minimum atomic E-state index is 0.809. The number of anilines is 1. The second-order valence-electron chi connectivity index (χ2n) is 5.04. The van der Waals surface area contributed by atoms with Crippen molar-refractivity contribution in [2.75, 3.05) is 5.73 Å². The minimum Gasteiger partial charge on any atom is -0.383 e. The number of fused-ring (bicyclic) bond motifs is 1. The molecule has 0 bridgehead atoms. The fourth-order valence-electron chi connectivity index (χ4n) is 2.30. The molecule has 98 valence electrons. The normalized spacial score (nSPS) is 11.2. The Morgan fingerprint density at radius 3 is 2.72 bits per heavy atom. The van der Waals surface area contributed by atoms with Crippen molar-refractivity contribution in [2.24, 2.45) is 0 Å². The van der Waals surface area contributed by atoms with E-state index in [0.717, 1.165) is 23.6 Å². The lowest BCUT2D eigenvalue weighted by Crippen LogP contribution is -1.97. The van der Waals surface area contributed by atoms with E-state index in [0.29, 0.717) is 0 Å². The predicted octanol–water partition coefficient (Wildman–Crippen LogP) is 3.74. The van der Waals surface area contributed by atoms with Gasteiger partial charge in [-0.05, 0) is 31.4 Å². The molecule has 0 aliphatic rings. The molecule has 0 unspecified atom stereocenters. The highest BCUT2D eigenvalue weighted by Crippen LogP contribution is 2.18. The number of rotatable bonds is 6. The quantitative estimate of drug-likeness (QED) is 0.788. The summed E-state index contributed by atoms with van der Waals surface area (Å²) in [4.78, 5) is 4.61. The smallest absolute Gasteiger partial charge is 0.138 e. The van der Waals surface area contributed by atoms with Crippen molar-refractivity contribution in [3.8, 4) is 0 Å². The number of nitrogens with zero attached hydrogens (tertiary/aromatic N) is 2. The first-order valence-electron chi connectivity index (χ1n) is 6.95. The summed E-state index contributed by atoms with van der Waals surface area (Å²) in [5.41, 5.74) is 9.37. The second kappa shape index (κ2) is 5.89. The van der Waals surface area contributed by atoms with E-state index in [4.69, 9.17) is 5.73 Å². The van der Waals surface area contributed by atoms with Gasteiger partial charge in [-0.1, -0.05) is 38.7 Å². The van der Waals surface area contributed by atoms with Gasteiger partial charge in [-0.3, -0.25) is 4.40 Å². The van der Waals surface area contributed by atoms with E-state index in [1.807, 2.05) is 10.5 Å². The molecule has 0 radical (unpaired) electrons. The summed E-state index contributed by atoms with van der Waals surface area (Å²) in [7, 11) is 0. The third-order valence-electron chi connectivity index (χ3n) is 3.40. The van der Waals surface area contributed by atoms with E-state index in [1.165, 1.54) is 37.7 Å². The molecule has 0 spiro atoms. The maximum Gasteiger partial charge on any atom is 0.138 e. The maximum absolute atomic E-state index is 6.15. The molecule has 0 aliphatic heterocycles. The third kappa shape index (κ3) is 2.84. The molecule has 0 atom stereocenters. The zero-order valence-electron chi connectivity index (χ0n) is 11.4. The second-order valence-corrected chi connectivity index (χ2v) is 5.04. The molecule has 0 aliphatic carbocycles. The molecule has 2 aromatic rings. The van der Waals surface area contributed by atoms with Crippen LogP contribution in [0.3, 0.4) is 0 Å². The average Bonchev–Trinajstić information content (AvgIpc) is 2.67. The predicted molar refractivity (Wildman–Crippen MR) is 76.8 cm³/mol. The van der Waals surface area contributed by atoms with E-state index in [9.17, 15) is 0 Å². The molecule has 18 heavy (non-hydrogen) atoms. The number of aryl methyl sites for hydroxylation is 2. The highest BCUT2D eigenvalue weighted by Gasteiger charge is 2.08. The molecule has 0 fully saturated rings. The Hall–Kier alpha value is -1.51. The Labute approximate surface area is 109 Å². The van der Waals surface area contributed by atoms with Crippen molar-refractivity contribution >= 4 is 11.5 Å². The highest BCUT2D eigenvalue weighted by atomic mass is 15.1. The van der Waals surface area contributed by atoms with Crippen molar-refractivity contribution < 1.29 is 0 Å². The largest absolute Gasteiger partial charge is 0.383 e. The standard InChI is InChI=1S/C15H23N3/c1-3-4-5-6-7-8-13-15(16)18-11-12(2)9-10-14(18)17-13/h9-11H,3-8,16H2,1-2H3. The summed E-state index contributed by atoms with van der Waals surface area (Å²) in [6.45, 7) is 4.31. The van der Waals surface area contributed by atoms with Gasteiger partial charge in [-0.15, -0.1) is 0 Å². The van der Waals surface area contributed by atoms with Crippen molar-refractivity contribution in [3.63, 3.8) is 0 Å². The van der Waals surface area contributed by atoms with Gasteiger partial charge in [-0.25, -0.2) is 4.98 Å². The van der Waals surface area contributed by atoms with Gasteiger partial charge in [0.1, 0.15) is 11.5 Å². The van der Waals surface area contributed by atoms with E-state index < -0.39 is 0 Å². The van der Waals surface area contributed by atoms with Crippen LogP contribution in [-0.4, -0.2) is 9.38 Å². The SMILES string of the molecule is CCCCCCCc1nc2ccc(C)cn2c1N. The first-order chi connectivity index (χ1) is 8.72. The lowest BCUT2D eigenvalue weighted by Gasteiger charge is -2.00. The molecule has 2 N–H and O–H groups in total. The van der Waals surface area contributed by atoms with E-state index in [2.05, 4.69) is 31.1 Å². The summed E-state index contributed by atoms with van der Waals surface area (Å²) < 4.78 is 2.00. The van der Waals surface area contributed by atoms with Crippen LogP contribution in [0, 0.1) is 6.92 Å². The van der Waals surface area contributed by atoms with Gasteiger partial charge in [-0.2, -0.15) is 0 Å². The van der Waals surface area contributed by atoms with Gasteiger partial charge in [0.25, 0.3) is 0 Å². The Bertz CT molecular complexity index is 514. The van der Waals surface area contributed by atoms with Crippen LogP contribution in [0.5, 0.6) is 0 Å². The summed E-state index contributed by atoms with van der Waals surface area (Å²) in [5.74, 6) is 0.809. The number of hydrogen-bond donors (Lipinski definition) is 1. The molecular weight excluding hydrogens is 222 g/mol. The number of nitrogen functional groups attached to an aromatic ring is 1. The fourth-order valence-corrected chi connectivity index (χ4v) is 2.30. The molecule has 0 amide bonds. The van der Waals surface area contributed by atoms with Crippen LogP contribution in [0.4, 0.5) is 5.82 Å². The van der Waals surface area contributed by atoms with Crippen molar-refractivity contribution in [1.82, 2.24) is 9.38 Å². The number of pyridine rings is 1. The first-order valence-corrected chi connectivity index (χ1v) is 6.95. The highest BCUT2D eigenvalue weighted by molar-refractivity contribution is 5.53. The molecule has 2 heterocycles. The maximum atomic E-state index is 6.15. The molecule has 0 saturated carbocycles. The average molecular weight is 245 g/mol. The van der Waals surface area contributed by atoms with Crippen LogP contribution in [0.25, 0.3) is 5.65 Å². The van der Waals surface area contributed by atoms with Crippen LogP contribution in [0.2, 0.25) is 0 Å². The van der Waals surface area contributed by atoms with Gasteiger partial charge in [0.2, 0.25) is 0 Å².